The SMILES string of the molecule is Cc1cc([N+](=O)[O-])ccc1S(=O)(=O)Nc1ccc(S(C)(=O)=O)cc1Br. The molecule has 11 heteroatoms. The lowest BCUT2D eigenvalue weighted by Gasteiger charge is -2.12. The molecule has 0 aliphatic heterocycles. The van der Waals surface area contributed by atoms with Crippen molar-refractivity contribution in [2.45, 2.75) is 16.7 Å². The second kappa shape index (κ2) is 6.73. The predicted octanol–water partition coefficient (Wildman–Crippen LogP) is 2.87. The number of nitrogens with one attached hydrogen (secondary N) is 1. The third kappa shape index (κ3) is 4.35. The second-order valence-corrected chi connectivity index (χ2v) is 9.75. The van der Waals surface area contributed by atoms with Crippen molar-refractivity contribution < 1.29 is 21.8 Å². The Balaban J connectivity index is 2.41. The molecule has 0 aliphatic rings. The summed E-state index contributed by atoms with van der Waals surface area (Å²) in [4.78, 5) is 10.1. The molecular formula is C14H13BrN2O6S2. The van der Waals surface area contributed by atoms with Crippen LogP contribution in [0, 0.1) is 17.0 Å². The van der Waals surface area contributed by atoms with Gasteiger partial charge in [-0.3, -0.25) is 14.8 Å². The van der Waals surface area contributed by atoms with Crippen LogP contribution in [0.5, 0.6) is 0 Å². The van der Waals surface area contributed by atoms with E-state index in [1.807, 2.05) is 0 Å². The summed E-state index contributed by atoms with van der Waals surface area (Å²) < 4.78 is 50.7. The van der Waals surface area contributed by atoms with Gasteiger partial charge in [-0.05, 0) is 52.7 Å². The van der Waals surface area contributed by atoms with E-state index in [0.29, 0.717) is 0 Å². The number of nitrogens with zero attached hydrogens (tertiary/aromatic N) is 1. The number of hydrogen-bond acceptors (Lipinski definition) is 6. The van der Waals surface area contributed by atoms with E-state index in [1.165, 1.54) is 25.1 Å². The quantitative estimate of drug-likeness (QED) is 0.553. The number of anilines is 1. The van der Waals surface area contributed by atoms with Crippen LogP contribution in [0.1, 0.15) is 5.56 Å². The number of benzene rings is 2. The van der Waals surface area contributed by atoms with Crippen molar-refractivity contribution in [2.24, 2.45) is 0 Å². The zero-order chi connectivity index (χ0) is 19.0. The third-order valence-electron chi connectivity index (χ3n) is 3.27. The van der Waals surface area contributed by atoms with Gasteiger partial charge >= 0.3 is 0 Å². The van der Waals surface area contributed by atoms with Gasteiger partial charge in [0.25, 0.3) is 15.7 Å². The van der Waals surface area contributed by atoms with Crippen LogP contribution in [0.15, 0.2) is 50.7 Å². The van der Waals surface area contributed by atoms with Gasteiger partial charge in [-0.2, -0.15) is 0 Å². The number of sulfonamides is 1. The molecule has 0 bridgehead atoms. The van der Waals surface area contributed by atoms with Crippen molar-refractivity contribution in [3.63, 3.8) is 0 Å². The molecular weight excluding hydrogens is 436 g/mol. The van der Waals surface area contributed by atoms with Crippen molar-refractivity contribution in [3.05, 3.63) is 56.5 Å². The summed E-state index contributed by atoms with van der Waals surface area (Å²) in [5.41, 5.74) is 0.144. The molecule has 2 rings (SSSR count). The largest absolute Gasteiger partial charge is 0.278 e. The summed E-state index contributed by atoms with van der Waals surface area (Å²) in [6.07, 6.45) is 1.04. The van der Waals surface area contributed by atoms with Gasteiger partial charge < -0.3 is 0 Å². The Kier molecular flexibility index (Phi) is 5.21. The Hall–Kier alpha value is -1.98. The average molecular weight is 449 g/mol. The van der Waals surface area contributed by atoms with Crippen LogP contribution in [-0.2, 0) is 19.9 Å². The molecule has 25 heavy (non-hydrogen) atoms. The summed E-state index contributed by atoms with van der Waals surface area (Å²) in [5.74, 6) is 0. The number of rotatable bonds is 5. The normalized spacial score (nSPS) is 12.0. The Bertz CT molecular complexity index is 1060. The number of aryl methyl sites for hydroxylation is 1. The molecule has 8 nitrogen and oxygen atoms in total. The van der Waals surface area contributed by atoms with E-state index in [9.17, 15) is 26.9 Å². The first-order chi connectivity index (χ1) is 11.4. The molecule has 2 aromatic carbocycles. The fourth-order valence-electron chi connectivity index (χ4n) is 2.06. The summed E-state index contributed by atoms with van der Waals surface area (Å²) >= 11 is 3.13. The monoisotopic (exact) mass is 448 g/mol. The first kappa shape index (κ1) is 19.3. The van der Waals surface area contributed by atoms with Crippen molar-refractivity contribution >= 4 is 47.2 Å². The molecule has 0 saturated carbocycles. The van der Waals surface area contributed by atoms with Crippen LogP contribution in [0.2, 0.25) is 0 Å². The highest BCUT2D eigenvalue weighted by Crippen LogP contribution is 2.29. The van der Waals surface area contributed by atoms with Crippen molar-refractivity contribution in [1.82, 2.24) is 0 Å². The molecule has 0 heterocycles. The van der Waals surface area contributed by atoms with E-state index in [1.54, 1.807) is 0 Å². The Labute approximate surface area is 153 Å². The third-order valence-corrected chi connectivity index (χ3v) is 6.56. The zero-order valence-electron chi connectivity index (χ0n) is 13.1. The Morgan fingerprint density at radius 1 is 1.08 bits per heavy atom. The molecule has 1 N–H and O–H groups in total. The summed E-state index contributed by atoms with van der Waals surface area (Å²) in [7, 11) is -7.44. The van der Waals surface area contributed by atoms with Crippen molar-refractivity contribution in [2.75, 3.05) is 11.0 Å². The lowest BCUT2D eigenvalue weighted by Crippen LogP contribution is -2.15. The number of nitro groups is 1. The minimum atomic E-state index is -4.01. The highest BCUT2D eigenvalue weighted by molar-refractivity contribution is 9.10. The molecule has 0 fully saturated rings. The van der Waals surface area contributed by atoms with Crippen molar-refractivity contribution in [1.29, 1.82) is 0 Å². The highest BCUT2D eigenvalue weighted by Gasteiger charge is 2.21. The maximum Gasteiger partial charge on any atom is 0.269 e. The molecule has 0 spiro atoms. The molecule has 0 saturated heterocycles. The van der Waals surface area contributed by atoms with Crippen LogP contribution >= 0.6 is 15.9 Å². The Morgan fingerprint density at radius 2 is 1.72 bits per heavy atom. The first-order valence-corrected chi connectivity index (χ1v) is 10.9. The summed E-state index contributed by atoms with van der Waals surface area (Å²) in [6, 6.07) is 7.30. The van der Waals surface area contributed by atoms with Gasteiger partial charge in [-0.1, -0.05) is 0 Å². The number of halogens is 1. The van der Waals surface area contributed by atoms with E-state index in [4.69, 9.17) is 0 Å². The number of sulfone groups is 1. The second-order valence-electron chi connectivity index (χ2n) is 5.23. The maximum absolute atomic E-state index is 12.5. The van der Waals surface area contributed by atoms with E-state index in [0.717, 1.165) is 24.5 Å². The highest BCUT2D eigenvalue weighted by atomic mass is 79.9. The van der Waals surface area contributed by atoms with E-state index < -0.39 is 24.8 Å². The number of hydrogen-bond donors (Lipinski definition) is 1. The zero-order valence-corrected chi connectivity index (χ0v) is 16.3. The number of nitro benzene ring substituents is 1. The van der Waals surface area contributed by atoms with E-state index >= 15 is 0 Å². The van der Waals surface area contributed by atoms with Gasteiger partial charge in [0.1, 0.15) is 0 Å². The first-order valence-electron chi connectivity index (χ1n) is 6.69. The minimum absolute atomic E-state index is 0.0360. The predicted molar refractivity (Wildman–Crippen MR) is 95.9 cm³/mol. The molecule has 0 aliphatic carbocycles. The van der Waals surface area contributed by atoms with Gasteiger partial charge in [0.15, 0.2) is 9.84 Å². The van der Waals surface area contributed by atoms with Crippen LogP contribution < -0.4 is 4.72 Å². The van der Waals surface area contributed by atoms with E-state index in [-0.39, 0.29) is 31.2 Å². The summed E-state index contributed by atoms with van der Waals surface area (Å²) in [5, 5.41) is 10.7. The molecule has 134 valence electrons. The molecule has 0 amide bonds. The molecule has 0 atom stereocenters. The molecule has 0 radical (unpaired) electrons. The topological polar surface area (TPSA) is 123 Å². The molecule has 0 unspecified atom stereocenters. The van der Waals surface area contributed by atoms with Crippen LogP contribution in [0.3, 0.4) is 0 Å². The fourth-order valence-corrected chi connectivity index (χ4v) is 4.77. The van der Waals surface area contributed by atoms with Crippen LogP contribution in [-0.4, -0.2) is 28.0 Å². The van der Waals surface area contributed by atoms with Gasteiger partial charge in [0.2, 0.25) is 0 Å². The van der Waals surface area contributed by atoms with Crippen molar-refractivity contribution in [3.8, 4) is 0 Å². The van der Waals surface area contributed by atoms with Gasteiger partial charge in [-0.25, -0.2) is 16.8 Å². The minimum Gasteiger partial charge on any atom is -0.278 e. The average Bonchev–Trinajstić information content (AvgIpc) is 2.47. The maximum atomic E-state index is 12.5. The molecule has 2 aromatic rings. The van der Waals surface area contributed by atoms with Gasteiger partial charge in [-0.15, -0.1) is 0 Å². The van der Waals surface area contributed by atoms with Gasteiger partial charge in [0.05, 0.1) is 20.4 Å². The lowest BCUT2D eigenvalue weighted by atomic mass is 10.2. The smallest absolute Gasteiger partial charge is 0.269 e. The lowest BCUT2D eigenvalue weighted by molar-refractivity contribution is -0.385. The summed E-state index contributed by atoms with van der Waals surface area (Å²) in [6.45, 7) is 1.45. The molecule has 0 aromatic heterocycles. The standard InChI is InChI=1S/C14H13BrN2O6S2/c1-9-7-10(17(18)19)3-6-14(9)25(22,23)16-13-5-4-11(8-12(13)15)24(2,20)21/h3-8,16H,1-2H3. The fraction of sp³-hybridized carbons (Fsp3) is 0.143. The number of non-ortho nitro benzene ring substituents is 1. The Morgan fingerprint density at radius 3 is 2.20 bits per heavy atom. The van der Waals surface area contributed by atoms with Gasteiger partial charge in [0, 0.05) is 22.9 Å². The van der Waals surface area contributed by atoms with Crippen LogP contribution in [0.4, 0.5) is 11.4 Å². The van der Waals surface area contributed by atoms with E-state index in [2.05, 4.69) is 20.7 Å². The van der Waals surface area contributed by atoms with Crippen LogP contribution in [0.25, 0.3) is 0 Å².